The predicted molar refractivity (Wildman–Crippen MR) is 466 cm³/mol. The molecule has 11 heterocycles. The van der Waals surface area contributed by atoms with Gasteiger partial charge in [-0.05, 0) is 187 Å². The Hall–Kier alpha value is -13.2. The Morgan fingerprint density at radius 2 is 0.911 bits per heavy atom. The molecule has 0 spiro atoms. The molecule has 0 saturated carbocycles. The molecule has 0 radical (unpaired) electrons. The first kappa shape index (κ1) is 86.2. The van der Waals surface area contributed by atoms with Gasteiger partial charge < -0.3 is 33.0 Å². The maximum atomic E-state index is 13.6. The van der Waals surface area contributed by atoms with E-state index < -0.39 is 63.1 Å². The van der Waals surface area contributed by atoms with Crippen molar-refractivity contribution in [2.24, 2.45) is 0 Å². The van der Waals surface area contributed by atoms with Crippen molar-refractivity contribution in [1.29, 1.82) is 0 Å². The van der Waals surface area contributed by atoms with E-state index in [1.54, 1.807) is 174 Å². The number of carbonyl (C=O) groups excluding carboxylic acids is 1. The summed E-state index contributed by atoms with van der Waals surface area (Å²) in [5.41, 5.74) is 14.7. The lowest BCUT2D eigenvalue weighted by molar-refractivity contribution is -0.139. The Morgan fingerprint density at radius 1 is 0.496 bits per heavy atom. The van der Waals surface area contributed by atoms with Crippen LogP contribution in [0.3, 0.4) is 0 Å². The van der Waals surface area contributed by atoms with Crippen LogP contribution in [0.25, 0.3) is 76.2 Å². The number of ether oxygens (including phenoxy) is 1. The average Bonchev–Trinajstić information content (AvgIpc) is 1.62. The summed E-state index contributed by atoms with van der Waals surface area (Å²) in [5, 5.41) is 33.3. The first-order valence-corrected chi connectivity index (χ1v) is 45.2. The lowest BCUT2D eigenvalue weighted by Crippen LogP contribution is -2.30. The van der Waals surface area contributed by atoms with Gasteiger partial charge in [-0.25, -0.2) is 46.4 Å². The molecular weight excluding hydrogens is 1770 g/mol. The van der Waals surface area contributed by atoms with Gasteiger partial charge in [0.2, 0.25) is 0 Å². The van der Waals surface area contributed by atoms with Crippen LogP contribution in [0.2, 0.25) is 0 Å². The molecule has 17 rings (SSSR count). The molecule has 5 aromatic carbocycles. The van der Waals surface area contributed by atoms with E-state index in [1.807, 2.05) is 64.1 Å². The van der Waals surface area contributed by atoms with E-state index in [-0.39, 0.29) is 53.0 Å². The molecule has 0 fully saturated rings. The van der Waals surface area contributed by atoms with Gasteiger partial charge in [-0.3, -0.25) is 33.8 Å². The number of aromatic nitrogens is 10. The molecule has 29 nitrogen and oxygen atoms in total. The number of hydrogen-bond donors (Lipinski definition) is 2. The van der Waals surface area contributed by atoms with Crippen LogP contribution in [0.15, 0.2) is 263 Å². The summed E-state index contributed by atoms with van der Waals surface area (Å²) >= 11 is 2.14. The molecule has 2 atom stereocenters. The molecule has 1 aliphatic carbocycles. The van der Waals surface area contributed by atoms with E-state index in [0.717, 1.165) is 42.7 Å². The van der Waals surface area contributed by atoms with Gasteiger partial charge in [0, 0.05) is 128 Å². The highest BCUT2D eigenvalue weighted by atomic mass is 127. The third kappa shape index (κ3) is 18.0. The number of hydrogen-bond acceptors (Lipinski definition) is 24. The monoisotopic (exact) mass is 1840 g/mol. The van der Waals surface area contributed by atoms with Crippen molar-refractivity contribution < 1.29 is 81.1 Å². The summed E-state index contributed by atoms with van der Waals surface area (Å²) in [6.07, 6.45) is 14.4. The van der Waals surface area contributed by atoms with Crippen LogP contribution in [0.5, 0.6) is 0 Å². The molecule has 15 aromatic rings. The van der Waals surface area contributed by atoms with Gasteiger partial charge in [0.05, 0.1) is 81.5 Å². The number of pyridine rings is 4. The van der Waals surface area contributed by atoms with Crippen molar-refractivity contribution in [2.45, 2.75) is 118 Å². The summed E-state index contributed by atoms with van der Waals surface area (Å²) in [5.74, 6) is -0.231. The number of carboxylic acid groups (broad SMARTS) is 2. The summed E-state index contributed by atoms with van der Waals surface area (Å²) < 4.78 is 138. The number of aliphatic carboxylic acids is 2. The summed E-state index contributed by atoms with van der Waals surface area (Å²) in [4.78, 5) is 53.4. The quantitative estimate of drug-likeness (QED) is 0.0361. The number of sulfone groups is 1. The van der Waals surface area contributed by atoms with Gasteiger partial charge in [-0.1, -0.05) is 124 Å². The van der Waals surface area contributed by atoms with Gasteiger partial charge in [0.1, 0.15) is 34.9 Å². The first-order chi connectivity index (χ1) is 58.8. The van der Waals surface area contributed by atoms with Crippen molar-refractivity contribution in [1.82, 2.24) is 48.5 Å². The lowest BCUT2D eigenvalue weighted by Gasteiger charge is -2.20. The fourth-order valence-corrected chi connectivity index (χ4v) is 21.7. The number of nitrogens with zero attached hydrogens (tertiary/aromatic N) is 11. The number of halogens is 1. The van der Waals surface area contributed by atoms with Gasteiger partial charge in [0.25, 0.3) is 30.1 Å². The number of carboxylic acids is 2. The second kappa shape index (κ2) is 35.9. The number of sulfonamides is 1. The third-order valence-corrected chi connectivity index (χ3v) is 28.6. The number of rotatable bonds is 22. The van der Waals surface area contributed by atoms with Crippen molar-refractivity contribution in [2.75, 3.05) is 10.8 Å². The molecule has 123 heavy (non-hydrogen) atoms. The Kier molecular flexibility index (Phi) is 25.1. The molecule has 2 N–H and O–H groups in total. The first-order valence-electron chi connectivity index (χ1n) is 38.2. The lowest BCUT2D eigenvalue weighted by atomic mass is 9.99. The van der Waals surface area contributed by atoms with E-state index in [4.69, 9.17) is 33.0 Å². The van der Waals surface area contributed by atoms with Crippen molar-refractivity contribution in [3.05, 3.63) is 305 Å². The normalized spacial score (nSPS) is 13.8. The van der Waals surface area contributed by atoms with Crippen LogP contribution in [-0.2, 0) is 72.1 Å². The zero-order valence-electron chi connectivity index (χ0n) is 67.2. The van der Waals surface area contributed by atoms with Gasteiger partial charge in [-0.15, -0.1) is 0 Å². The summed E-state index contributed by atoms with van der Waals surface area (Å²) in [7, 11) is -15.2. The number of aryl methyl sites for hydroxylation is 9. The van der Waals surface area contributed by atoms with Gasteiger partial charge >= 0.3 is 17.9 Å². The Bertz CT molecular complexity index is 7020. The minimum Gasteiger partial charge on any atom is -0.481 e. The minimum atomic E-state index is -3.95. The average molecular weight is 1840 g/mol. The SMILES string of the molecule is Cc1noc(C)c1-c1cnc2c(/C=C/C(=O)OCc3ccccc3)cn(S(=O)(=O)c3ccccc3)c2c1.Cc1noc(C)c1-c1cnc2c(CCC(=O)O)cn(S(=O)(=O)c3ccccc3)c2c1.Cc1noc(C)c1-c1cnc2c(c1)C(S(=O)(=O)c1ccccc1)C=C2I.Cc1noc(C)c1-c1cnc2c(c1)N(S(=O)(=O)c1ccccc1)CC2CCC(=O)O. The second-order valence-electron chi connectivity index (χ2n) is 28.8. The third-order valence-electron chi connectivity index (χ3n) is 20.6. The number of anilines is 1. The van der Waals surface area contributed by atoms with Crippen LogP contribution >= 0.6 is 22.6 Å². The second-order valence-corrected chi connectivity index (χ2v) is 37.6. The van der Waals surface area contributed by atoms with E-state index in [2.05, 4.69) is 63.2 Å². The fraction of sp³-hybridized carbons (Fsp3) is 0.180. The Morgan fingerprint density at radius 3 is 1.38 bits per heavy atom. The molecule has 0 amide bonds. The largest absolute Gasteiger partial charge is 0.481 e. The van der Waals surface area contributed by atoms with E-state index in [1.165, 1.54) is 61.1 Å². The van der Waals surface area contributed by atoms with Gasteiger partial charge in [0.15, 0.2) is 9.84 Å². The standard InChI is InChI=1S/C28H23N3O5S.C21H21N3O5S.C21H19N3O5S.C19H15IN2O3S/c1-19-27(20(2)36-30-19)23-15-25-28(29-16-23)22(13-14-26(32)35-18-21-9-5-3-6-10-21)17-31(25)37(33,34)24-11-7-4-8-12-24;2*1-13-20(14(2)29-23-13)16-10-18-21(22-11-16)15(8-9-19(25)26)12-24(18)30(27,28)17-6-4-3-5-7-17;1-11-18(12(2)25-22-11)13-8-15-17(9-16(20)19(15)21-10-13)26(23,24)14-6-4-3-5-7-14/h3-17H,18H2,1-2H3;3-7,10-11,15H,8-9,12H2,1-2H3,(H,25,26);3-7,10-12H,8-9H2,1-2H3,(H,25,26);3-10,17H,1-2H3/b14-13+;;;. The number of fused-ring (bicyclic) bond motifs is 4. The van der Waals surface area contributed by atoms with Gasteiger partial charge in [-0.2, -0.15) is 0 Å². The molecule has 10 aromatic heterocycles. The molecule has 0 saturated heterocycles. The smallest absolute Gasteiger partial charge is 0.331 e. The highest BCUT2D eigenvalue weighted by Gasteiger charge is 2.40. The van der Waals surface area contributed by atoms with Crippen molar-refractivity contribution in [3.63, 3.8) is 0 Å². The maximum absolute atomic E-state index is 13.6. The van der Waals surface area contributed by atoms with Crippen molar-refractivity contribution >= 4 is 118 Å². The summed E-state index contributed by atoms with van der Waals surface area (Å²) in [6, 6.07) is 49.4. The number of esters is 1. The van der Waals surface area contributed by atoms with Crippen molar-refractivity contribution in [3.8, 4) is 44.5 Å². The fourth-order valence-electron chi connectivity index (χ4n) is 14.7. The Balaban J connectivity index is 0.000000135. The molecular formula is C89H78IN11O18S4. The topological polar surface area (TPSA) is 406 Å². The summed E-state index contributed by atoms with van der Waals surface area (Å²) in [6.45, 7) is 14.8. The number of benzene rings is 5. The molecule has 34 heteroatoms. The van der Waals surface area contributed by atoms with E-state index >= 15 is 0 Å². The van der Waals surface area contributed by atoms with Crippen LogP contribution in [-0.4, -0.2) is 117 Å². The number of carbonyl (C=O) groups is 3. The minimum absolute atomic E-state index is 0.0589. The van der Waals surface area contributed by atoms with E-state index in [0.29, 0.717) is 124 Å². The van der Waals surface area contributed by atoms with Crippen LogP contribution in [0.4, 0.5) is 5.69 Å². The molecule has 628 valence electrons. The molecule has 2 aliphatic rings. The van der Waals surface area contributed by atoms with Crippen LogP contribution in [0.1, 0.15) is 110 Å². The molecule has 2 unspecified atom stereocenters. The highest BCUT2D eigenvalue weighted by molar-refractivity contribution is 14.1. The highest BCUT2D eigenvalue weighted by Crippen LogP contribution is 2.47. The molecule has 1 aliphatic heterocycles. The zero-order valence-corrected chi connectivity index (χ0v) is 72.6. The van der Waals surface area contributed by atoms with Crippen LogP contribution in [0, 0.1) is 55.4 Å². The maximum Gasteiger partial charge on any atom is 0.331 e. The van der Waals surface area contributed by atoms with E-state index in [9.17, 15) is 48.1 Å². The predicted octanol–water partition coefficient (Wildman–Crippen LogP) is 17.0. The molecule has 0 bridgehead atoms. The zero-order chi connectivity index (χ0) is 87.4. The Labute approximate surface area is 720 Å². The van der Waals surface area contributed by atoms with Crippen LogP contribution < -0.4 is 4.31 Å².